The van der Waals surface area contributed by atoms with Crippen LogP contribution in [0.2, 0.25) is 0 Å². The van der Waals surface area contributed by atoms with E-state index >= 15 is 0 Å². The lowest BCUT2D eigenvalue weighted by Crippen LogP contribution is -2.28. The second kappa shape index (κ2) is 7.01. The van der Waals surface area contributed by atoms with E-state index in [9.17, 15) is 9.00 Å². The highest BCUT2D eigenvalue weighted by molar-refractivity contribution is 7.84. The maximum Gasteiger partial charge on any atom is 0.269 e. The van der Waals surface area contributed by atoms with Gasteiger partial charge >= 0.3 is 0 Å². The van der Waals surface area contributed by atoms with Gasteiger partial charge in [0.2, 0.25) is 0 Å². The third-order valence-electron chi connectivity index (χ3n) is 2.18. The SMILES string of the molecule is CCS(=O)CCNC(=O)c1cccc(NC)n1. The van der Waals surface area contributed by atoms with Gasteiger partial charge in [-0.15, -0.1) is 0 Å². The molecule has 1 rings (SSSR count). The minimum absolute atomic E-state index is 0.241. The van der Waals surface area contributed by atoms with Gasteiger partial charge in [0, 0.05) is 35.9 Å². The van der Waals surface area contributed by atoms with Crippen LogP contribution in [0.3, 0.4) is 0 Å². The summed E-state index contributed by atoms with van der Waals surface area (Å²) in [6.45, 7) is 2.26. The number of rotatable bonds is 6. The molecule has 0 radical (unpaired) electrons. The summed E-state index contributed by atoms with van der Waals surface area (Å²) in [5.41, 5.74) is 0.360. The number of amides is 1. The molecule has 1 aromatic rings. The largest absolute Gasteiger partial charge is 0.373 e. The third-order valence-corrected chi connectivity index (χ3v) is 3.48. The van der Waals surface area contributed by atoms with E-state index in [-0.39, 0.29) is 5.91 Å². The number of hydrogen-bond acceptors (Lipinski definition) is 4. The Morgan fingerprint density at radius 3 is 2.88 bits per heavy atom. The van der Waals surface area contributed by atoms with Gasteiger partial charge in [0.15, 0.2) is 0 Å². The smallest absolute Gasteiger partial charge is 0.269 e. The number of nitrogens with zero attached hydrogens (tertiary/aromatic N) is 1. The Kier molecular flexibility index (Phi) is 5.62. The quantitative estimate of drug-likeness (QED) is 0.782. The van der Waals surface area contributed by atoms with E-state index in [0.29, 0.717) is 29.6 Å². The van der Waals surface area contributed by atoms with Crippen molar-refractivity contribution < 1.29 is 9.00 Å². The summed E-state index contributed by atoms with van der Waals surface area (Å²) >= 11 is 0. The molecule has 1 amide bonds. The predicted octanol–water partition coefficient (Wildman–Crippen LogP) is 0.622. The maximum atomic E-state index is 11.7. The van der Waals surface area contributed by atoms with E-state index in [1.165, 1.54) is 0 Å². The molecule has 0 aliphatic carbocycles. The van der Waals surface area contributed by atoms with E-state index in [2.05, 4.69) is 15.6 Å². The van der Waals surface area contributed by atoms with Gasteiger partial charge in [-0.25, -0.2) is 4.98 Å². The number of nitrogens with one attached hydrogen (secondary N) is 2. The van der Waals surface area contributed by atoms with Crippen molar-refractivity contribution in [1.29, 1.82) is 0 Å². The molecule has 1 unspecified atom stereocenters. The first kappa shape index (κ1) is 13.6. The van der Waals surface area contributed by atoms with Crippen LogP contribution in [0.4, 0.5) is 5.82 Å². The Labute approximate surface area is 103 Å². The van der Waals surface area contributed by atoms with Crippen LogP contribution >= 0.6 is 0 Å². The number of hydrogen-bond donors (Lipinski definition) is 2. The van der Waals surface area contributed by atoms with Gasteiger partial charge in [-0.05, 0) is 12.1 Å². The Morgan fingerprint density at radius 2 is 2.24 bits per heavy atom. The van der Waals surface area contributed by atoms with Crippen molar-refractivity contribution in [1.82, 2.24) is 10.3 Å². The molecule has 0 saturated heterocycles. The Bertz CT molecular complexity index is 409. The van der Waals surface area contributed by atoms with Gasteiger partial charge < -0.3 is 10.6 Å². The number of pyridine rings is 1. The molecule has 0 fully saturated rings. The minimum atomic E-state index is -0.853. The topological polar surface area (TPSA) is 71.1 Å². The monoisotopic (exact) mass is 255 g/mol. The first-order valence-electron chi connectivity index (χ1n) is 5.45. The van der Waals surface area contributed by atoms with Crippen molar-refractivity contribution in [3.05, 3.63) is 23.9 Å². The van der Waals surface area contributed by atoms with Crippen LogP contribution in [-0.4, -0.2) is 40.2 Å². The zero-order chi connectivity index (χ0) is 12.7. The first-order chi connectivity index (χ1) is 8.17. The van der Waals surface area contributed by atoms with Crippen LogP contribution in [0.25, 0.3) is 0 Å². The summed E-state index contributed by atoms with van der Waals surface area (Å²) in [6.07, 6.45) is 0. The van der Waals surface area contributed by atoms with Crippen LogP contribution in [0, 0.1) is 0 Å². The first-order valence-corrected chi connectivity index (χ1v) is 6.94. The fraction of sp³-hybridized carbons (Fsp3) is 0.455. The molecule has 5 nitrogen and oxygen atoms in total. The lowest BCUT2D eigenvalue weighted by molar-refractivity contribution is 0.0951. The molecule has 1 heterocycles. The number of carbonyl (C=O) groups excluding carboxylic acids is 1. The standard InChI is InChI=1S/C11H17N3O2S/c1-3-17(16)8-7-13-11(15)9-5-4-6-10(12-2)14-9/h4-6H,3,7-8H2,1-2H3,(H,12,14)(H,13,15). The highest BCUT2D eigenvalue weighted by Crippen LogP contribution is 2.03. The second-order valence-corrected chi connectivity index (χ2v) is 5.21. The number of carbonyl (C=O) groups is 1. The molecule has 2 N–H and O–H groups in total. The second-order valence-electron chi connectivity index (χ2n) is 3.35. The summed E-state index contributed by atoms with van der Waals surface area (Å²) in [6, 6.07) is 5.19. The Balaban J connectivity index is 2.49. The van der Waals surface area contributed by atoms with Crippen LogP contribution in [0.15, 0.2) is 18.2 Å². The molecule has 0 aliphatic heterocycles. The van der Waals surface area contributed by atoms with E-state index in [1.54, 1.807) is 25.2 Å². The van der Waals surface area contributed by atoms with Gasteiger partial charge in [-0.3, -0.25) is 9.00 Å². The van der Waals surface area contributed by atoms with E-state index in [1.807, 2.05) is 6.92 Å². The Morgan fingerprint density at radius 1 is 1.47 bits per heavy atom. The van der Waals surface area contributed by atoms with Crippen molar-refractivity contribution in [2.45, 2.75) is 6.92 Å². The van der Waals surface area contributed by atoms with Crippen LogP contribution in [-0.2, 0) is 10.8 Å². The van der Waals surface area contributed by atoms with Gasteiger partial charge in [-0.1, -0.05) is 13.0 Å². The average molecular weight is 255 g/mol. The molecule has 1 atom stereocenters. The van der Waals surface area contributed by atoms with Crippen LogP contribution in [0.5, 0.6) is 0 Å². The molecule has 0 saturated carbocycles. The van der Waals surface area contributed by atoms with Crippen LogP contribution in [0.1, 0.15) is 17.4 Å². The molecule has 0 aromatic carbocycles. The molecule has 0 aliphatic rings. The van der Waals surface area contributed by atoms with Crippen molar-refractivity contribution in [2.24, 2.45) is 0 Å². The number of anilines is 1. The fourth-order valence-corrected chi connectivity index (χ4v) is 1.83. The summed E-state index contributed by atoms with van der Waals surface area (Å²) < 4.78 is 11.2. The van der Waals surface area contributed by atoms with Crippen LogP contribution < -0.4 is 10.6 Å². The zero-order valence-corrected chi connectivity index (χ0v) is 10.8. The van der Waals surface area contributed by atoms with Gasteiger partial charge in [-0.2, -0.15) is 0 Å². The third kappa shape index (κ3) is 4.52. The summed E-state index contributed by atoms with van der Waals surface area (Å²) in [5.74, 6) is 1.50. The van der Waals surface area contributed by atoms with Crippen molar-refractivity contribution in [2.75, 3.05) is 30.4 Å². The van der Waals surface area contributed by atoms with E-state index in [0.717, 1.165) is 0 Å². The maximum absolute atomic E-state index is 11.7. The molecular formula is C11H17N3O2S. The van der Waals surface area contributed by atoms with Gasteiger partial charge in [0.1, 0.15) is 11.5 Å². The van der Waals surface area contributed by atoms with Crippen molar-refractivity contribution in [3.63, 3.8) is 0 Å². The summed E-state index contributed by atoms with van der Waals surface area (Å²) in [5, 5.41) is 5.56. The zero-order valence-electron chi connectivity index (χ0n) is 10.0. The summed E-state index contributed by atoms with van der Waals surface area (Å²) in [7, 11) is 0.891. The predicted molar refractivity (Wildman–Crippen MR) is 69.7 cm³/mol. The molecule has 94 valence electrons. The average Bonchev–Trinajstić information content (AvgIpc) is 2.38. The molecular weight excluding hydrogens is 238 g/mol. The number of aromatic nitrogens is 1. The normalized spacial score (nSPS) is 11.9. The van der Waals surface area contributed by atoms with Crippen molar-refractivity contribution in [3.8, 4) is 0 Å². The van der Waals surface area contributed by atoms with E-state index < -0.39 is 10.8 Å². The molecule has 0 spiro atoms. The summed E-state index contributed by atoms with van der Waals surface area (Å²) in [4.78, 5) is 15.8. The molecule has 17 heavy (non-hydrogen) atoms. The highest BCUT2D eigenvalue weighted by Gasteiger charge is 2.07. The van der Waals surface area contributed by atoms with E-state index in [4.69, 9.17) is 0 Å². The lowest BCUT2D eigenvalue weighted by Gasteiger charge is -2.05. The fourth-order valence-electron chi connectivity index (χ4n) is 1.21. The molecule has 1 aromatic heterocycles. The van der Waals surface area contributed by atoms with Crippen molar-refractivity contribution >= 4 is 22.5 Å². The molecule has 0 bridgehead atoms. The Hall–Kier alpha value is -1.43. The lowest BCUT2D eigenvalue weighted by atomic mass is 10.3. The minimum Gasteiger partial charge on any atom is -0.373 e. The highest BCUT2D eigenvalue weighted by atomic mass is 32.2. The molecule has 6 heteroatoms. The van der Waals surface area contributed by atoms with Gasteiger partial charge in [0.25, 0.3) is 5.91 Å². The van der Waals surface area contributed by atoms with Gasteiger partial charge in [0.05, 0.1) is 0 Å².